The minimum Gasteiger partial charge on any atom is -0.476 e. The summed E-state index contributed by atoms with van der Waals surface area (Å²) in [5.74, 6) is 0.840. The summed E-state index contributed by atoms with van der Waals surface area (Å²) in [5.41, 5.74) is 1.95. The molecule has 0 saturated carbocycles. The molecule has 2 aliphatic heterocycles. The maximum absolute atomic E-state index is 11.5. The van der Waals surface area contributed by atoms with Crippen molar-refractivity contribution in [2.45, 2.75) is 51.6 Å². The lowest BCUT2D eigenvalue weighted by Crippen LogP contribution is -2.28. The first-order chi connectivity index (χ1) is 21.8. The minimum atomic E-state index is -1.06. The van der Waals surface area contributed by atoms with Gasteiger partial charge in [-0.3, -0.25) is 9.13 Å². The van der Waals surface area contributed by atoms with Crippen LogP contribution < -0.4 is 10.6 Å². The Labute approximate surface area is 259 Å². The normalized spacial score (nSPS) is 15.5. The molecular formula is C29H36N10O6. The molecule has 3 N–H and O–H groups in total. The fourth-order valence-corrected chi connectivity index (χ4v) is 4.77. The number of carboxylic acids is 1. The van der Waals surface area contributed by atoms with E-state index in [1.54, 1.807) is 34.1 Å². The molecule has 0 atom stereocenters. The van der Waals surface area contributed by atoms with Crippen LogP contribution in [0, 0.1) is 13.8 Å². The zero-order chi connectivity index (χ0) is 31.8. The van der Waals surface area contributed by atoms with Crippen molar-refractivity contribution in [2.24, 2.45) is 0 Å². The zero-order valence-corrected chi connectivity index (χ0v) is 25.3. The average Bonchev–Trinajstić information content (AvgIpc) is 3.75. The van der Waals surface area contributed by atoms with Gasteiger partial charge in [-0.25, -0.2) is 29.5 Å². The van der Waals surface area contributed by atoms with E-state index >= 15 is 0 Å². The van der Waals surface area contributed by atoms with Crippen LogP contribution >= 0.6 is 0 Å². The monoisotopic (exact) mass is 620 g/mol. The van der Waals surface area contributed by atoms with E-state index in [9.17, 15) is 9.59 Å². The molecule has 16 nitrogen and oxygen atoms in total. The molecule has 0 aliphatic carbocycles. The first-order valence-electron chi connectivity index (χ1n) is 14.6. The first kappa shape index (κ1) is 31.5. The molecule has 4 aromatic rings. The highest BCUT2D eigenvalue weighted by molar-refractivity contribution is 5.87. The van der Waals surface area contributed by atoms with Gasteiger partial charge in [0.1, 0.15) is 24.3 Å². The fourth-order valence-electron chi connectivity index (χ4n) is 4.77. The molecule has 0 amide bonds. The van der Waals surface area contributed by atoms with Crippen LogP contribution in [0.5, 0.6) is 0 Å². The van der Waals surface area contributed by atoms with Gasteiger partial charge in [0.2, 0.25) is 11.9 Å². The van der Waals surface area contributed by atoms with E-state index in [2.05, 4.69) is 45.3 Å². The molecule has 0 radical (unpaired) electrons. The summed E-state index contributed by atoms with van der Waals surface area (Å²) in [6, 6.07) is 0.606. The van der Waals surface area contributed by atoms with Crippen molar-refractivity contribution < 1.29 is 28.9 Å². The molecular weight excluding hydrogens is 584 g/mol. The van der Waals surface area contributed by atoms with Gasteiger partial charge < -0.3 is 30.0 Å². The number of nitrogens with one attached hydrogen (secondary N) is 2. The van der Waals surface area contributed by atoms with E-state index in [-0.39, 0.29) is 11.4 Å². The Morgan fingerprint density at radius 2 is 1.22 bits per heavy atom. The van der Waals surface area contributed by atoms with Crippen LogP contribution in [-0.2, 0) is 14.2 Å². The maximum Gasteiger partial charge on any atom is 0.358 e. The van der Waals surface area contributed by atoms with Crippen molar-refractivity contribution in [3.05, 3.63) is 60.0 Å². The molecule has 6 rings (SSSR count). The number of ether oxygens (including phenoxy) is 3. The third kappa shape index (κ3) is 8.16. The summed E-state index contributed by atoms with van der Waals surface area (Å²) < 4.78 is 18.6. The lowest BCUT2D eigenvalue weighted by Gasteiger charge is -2.23. The summed E-state index contributed by atoms with van der Waals surface area (Å²) in [7, 11) is 1.33. The van der Waals surface area contributed by atoms with Crippen molar-refractivity contribution in [1.29, 1.82) is 0 Å². The largest absolute Gasteiger partial charge is 0.476 e. The van der Waals surface area contributed by atoms with E-state index in [0.29, 0.717) is 35.6 Å². The van der Waals surface area contributed by atoms with Crippen LogP contribution in [0.1, 0.15) is 57.8 Å². The smallest absolute Gasteiger partial charge is 0.358 e. The quantitative estimate of drug-likeness (QED) is 0.243. The third-order valence-corrected chi connectivity index (χ3v) is 7.27. The molecule has 0 unspecified atom stereocenters. The van der Waals surface area contributed by atoms with Crippen LogP contribution in [0.15, 0.2) is 37.4 Å². The molecule has 4 aromatic heterocycles. The second kappa shape index (κ2) is 14.7. The van der Waals surface area contributed by atoms with E-state index < -0.39 is 11.9 Å². The first-order valence-corrected chi connectivity index (χ1v) is 14.6. The second-order valence-corrected chi connectivity index (χ2v) is 10.6. The summed E-state index contributed by atoms with van der Waals surface area (Å²) in [6.45, 7) is 6.75. The van der Waals surface area contributed by atoms with Crippen LogP contribution in [0.4, 0.5) is 11.9 Å². The highest BCUT2D eigenvalue weighted by atomic mass is 16.5. The zero-order valence-electron chi connectivity index (χ0n) is 25.3. The van der Waals surface area contributed by atoms with Crippen molar-refractivity contribution in [2.75, 3.05) is 44.2 Å². The molecule has 2 saturated heterocycles. The third-order valence-electron chi connectivity index (χ3n) is 7.27. The predicted molar refractivity (Wildman–Crippen MR) is 161 cm³/mol. The average molecular weight is 621 g/mol. The van der Waals surface area contributed by atoms with E-state index in [4.69, 9.17) is 14.6 Å². The number of aryl methyl sites for hydroxylation is 2. The summed E-state index contributed by atoms with van der Waals surface area (Å²) >= 11 is 0. The number of carbonyl (C=O) groups excluding carboxylic acids is 1. The van der Waals surface area contributed by atoms with Crippen LogP contribution in [0.2, 0.25) is 0 Å². The Bertz CT molecular complexity index is 1610. The van der Waals surface area contributed by atoms with Gasteiger partial charge >= 0.3 is 11.9 Å². The van der Waals surface area contributed by atoms with Crippen molar-refractivity contribution in [3.63, 3.8) is 0 Å². The van der Waals surface area contributed by atoms with E-state index in [1.165, 1.54) is 19.6 Å². The standard InChI is InChI=1S/C15H19N5O3.C14H17N5O3/c1-10-7-16-15(18-11-3-5-23-6-4-11)19-13(10)20-8-12(17-9-20)14(21)22-2;1-9-6-15-14(17-10-2-4-22-5-3-10)18-12(9)19-7-11(13(20)21)16-8-19/h7-9,11H,3-6H2,1-2H3,(H,16,18,19);6-8,10H,2-5H2,1H3,(H,20,21)(H,15,17,18). The Balaban J connectivity index is 0.000000178. The number of aromatic carboxylic acids is 1. The number of carboxylic acid groups (broad SMARTS) is 1. The molecule has 0 spiro atoms. The molecule has 45 heavy (non-hydrogen) atoms. The lowest BCUT2D eigenvalue weighted by molar-refractivity contribution is 0.0593. The number of imidazole rings is 2. The molecule has 2 aliphatic rings. The van der Waals surface area contributed by atoms with Gasteiger partial charge in [-0.2, -0.15) is 9.97 Å². The van der Waals surface area contributed by atoms with Crippen LogP contribution in [-0.4, -0.2) is 102 Å². The predicted octanol–water partition coefficient (Wildman–Crippen LogP) is 2.61. The maximum atomic E-state index is 11.5. The van der Waals surface area contributed by atoms with Gasteiger partial charge in [0.15, 0.2) is 11.4 Å². The SMILES string of the molecule is COC(=O)c1cn(-c2nc(NC3CCOCC3)ncc2C)cn1.Cc1cnc(NC2CCOCC2)nc1-n1cnc(C(=O)O)c1. The van der Waals surface area contributed by atoms with Crippen molar-refractivity contribution >= 4 is 23.8 Å². The fraction of sp³-hybridized carbons (Fsp3) is 0.448. The van der Waals surface area contributed by atoms with Crippen LogP contribution in [0.3, 0.4) is 0 Å². The molecule has 6 heterocycles. The number of rotatable bonds is 8. The van der Waals surface area contributed by atoms with Gasteiger partial charge in [-0.1, -0.05) is 0 Å². The molecule has 238 valence electrons. The van der Waals surface area contributed by atoms with Crippen molar-refractivity contribution in [1.82, 2.24) is 39.0 Å². The topological polar surface area (TPSA) is 193 Å². The summed E-state index contributed by atoms with van der Waals surface area (Å²) in [6.07, 6.45) is 13.2. The molecule has 0 bridgehead atoms. The van der Waals surface area contributed by atoms with Gasteiger partial charge in [0.05, 0.1) is 7.11 Å². The Morgan fingerprint density at radius 3 is 1.64 bits per heavy atom. The molecule has 2 fully saturated rings. The number of esters is 1. The number of carbonyl (C=O) groups is 2. The van der Waals surface area contributed by atoms with Gasteiger partial charge in [-0.05, 0) is 39.5 Å². The van der Waals surface area contributed by atoms with E-state index in [1.807, 2.05) is 13.8 Å². The van der Waals surface area contributed by atoms with Crippen molar-refractivity contribution in [3.8, 4) is 11.6 Å². The molecule has 16 heteroatoms. The summed E-state index contributed by atoms with van der Waals surface area (Å²) in [5, 5.41) is 15.6. The number of aromatic nitrogens is 8. The Hall–Kier alpha value is -4.96. The Kier molecular flexibility index (Phi) is 10.3. The van der Waals surface area contributed by atoms with Gasteiger partial charge in [0.25, 0.3) is 0 Å². The van der Waals surface area contributed by atoms with Gasteiger partial charge in [-0.15, -0.1) is 0 Å². The Morgan fingerprint density at radius 1 is 0.778 bits per heavy atom. The van der Waals surface area contributed by atoms with Gasteiger partial charge in [0, 0.05) is 74.4 Å². The number of hydrogen-bond acceptors (Lipinski definition) is 13. The highest BCUT2D eigenvalue weighted by Crippen LogP contribution is 2.18. The highest BCUT2D eigenvalue weighted by Gasteiger charge is 2.18. The number of hydrogen-bond donors (Lipinski definition) is 3. The molecule has 0 aromatic carbocycles. The van der Waals surface area contributed by atoms with Crippen LogP contribution in [0.25, 0.3) is 11.6 Å². The van der Waals surface area contributed by atoms with E-state index in [0.717, 1.165) is 63.2 Å². The minimum absolute atomic E-state index is 0.0167. The number of anilines is 2. The summed E-state index contributed by atoms with van der Waals surface area (Å²) in [4.78, 5) is 48.0. The second-order valence-electron chi connectivity index (χ2n) is 10.6. The number of nitrogens with zero attached hydrogens (tertiary/aromatic N) is 8. The number of methoxy groups -OCH3 is 1. The lowest BCUT2D eigenvalue weighted by atomic mass is 10.1.